The van der Waals surface area contributed by atoms with E-state index in [1.165, 1.54) is 11.6 Å². The Morgan fingerprint density at radius 1 is 1.24 bits per heavy atom. The molecule has 0 aliphatic rings. The van der Waals surface area contributed by atoms with Crippen LogP contribution in [0.3, 0.4) is 0 Å². The van der Waals surface area contributed by atoms with Gasteiger partial charge >= 0.3 is 5.97 Å². The lowest BCUT2D eigenvalue weighted by molar-refractivity contribution is -0.137. The first-order valence-electron chi connectivity index (χ1n) is 7.69. The molecule has 21 heavy (non-hydrogen) atoms. The van der Waals surface area contributed by atoms with Crippen molar-refractivity contribution in [1.82, 2.24) is 0 Å². The fraction of sp³-hybridized carbons (Fsp3) is 0.500. The summed E-state index contributed by atoms with van der Waals surface area (Å²) in [4.78, 5) is 11.2. The van der Waals surface area contributed by atoms with Crippen molar-refractivity contribution in [2.45, 2.75) is 39.7 Å². The maximum absolute atomic E-state index is 11.2. The molecule has 1 rings (SSSR count). The first-order chi connectivity index (χ1) is 10.2. The highest BCUT2D eigenvalue weighted by molar-refractivity contribution is 5.81. The van der Waals surface area contributed by atoms with Crippen molar-refractivity contribution in [1.29, 1.82) is 0 Å². The van der Waals surface area contributed by atoms with Crippen LogP contribution in [0.15, 0.2) is 42.5 Å². The quantitative estimate of drug-likeness (QED) is 0.369. The van der Waals surface area contributed by atoms with Crippen molar-refractivity contribution in [3.8, 4) is 0 Å². The second kappa shape index (κ2) is 11.1. The number of hydrogen-bond acceptors (Lipinski definition) is 3. The summed E-state index contributed by atoms with van der Waals surface area (Å²) in [5.74, 6) is 0.138. The van der Waals surface area contributed by atoms with E-state index in [0.29, 0.717) is 19.1 Å². The van der Waals surface area contributed by atoms with Gasteiger partial charge < -0.3 is 9.47 Å². The Bertz CT molecular complexity index is 412. The Kier molecular flexibility index (Phi) is 9.21. The van der Waals surface area contributed by atoms with Gasteiger partial charge in [-0.05, 0) is 31.2 Å². The molecule has 116 valence electrons. The molecule has 0 saturated carbocycles. The molecule has 0 aliphatic heterocycles. The molecule has 3 heteroatoms. The van der Waals surface area contributed by atoms with Crippen LogP contribution in [0.2, 0.25) is 0 Å². The lowest BCUT2D eigenvalue weighted by Crippen LogP contribution is -2.01. The zero-order valence-corrected chi connectivity index (χ0v) is 13.1. The van der Waals surface area contributed by atoms with Gasteiger partial charge in [-0.2, -0.15) is 0 Å². The highest BCUT2D eigenvalue weighted by Gasteiger charge is 2.00. The number of esters is 1. The summed E-state index contributed by atoms with van der Waals surface area (Å²) in [5.41, 5.74) is 1.21. The van der Waals surface area contributed by atoms with Crippen LogP contribution in [0.5, 0.6) is 0 Å². The molecule has 3 nitrogen and oxygen atoms in total. The van der Waals surface area contributed by atoms with Crippen LogP contribution < -0.4 is 0 Å². The molecule has 0 aliphatic carbocycles. The van der Waals surface area contributed by atoms with E-state index in [0.717, 1.165) is 25.9 Å². The van der Waals surface area contributed by atoms with Crippen LogP contribution in [0.4, 0.5) is 0 Å². The SMILES string of the molecule is CCOC(=O)/C=C/[C@@H](C)CCCCOCc1ccccc1. The molecule has 1 aromatic rings. The summed E-state index contributed by atoms with van der Waals surface area (Å²) in [7, 11) is 0. The molecule has 0 radical (unpaired) electrons. The first-order valence-corrected chi connectivity index (χ1v) is 7.69. The molecule has 0 amide bonds. The molecule has 0 saturated heterocycles. The lowest BCUT2D eigenvalue weighted by Gasteiger charge is -2.07. The van der Waals surface area contributed by atoms with E-state index in [-0.39, 0.29) is 5.97 Å². The van der Waals surface area contributed by atoms with Gasteiger partial charge in [-0.3, -0.25) is 0 Å². The largest absolute Gasteiger partial charge is 0.463 e. The van der Waals surface area contributed by atoms with E-state index < -0.39 is 0 Å². The summed E-state index contributed by atoms with van der Waals surface area (Å²) >= 11 is 0. The number of rotatable bonds is 10. The van der Waals surface area contributed by atoms with Crippen LogP contribution in [-0.4, -0.2) is 19.2 Å². The summed E-state index contributed by atoms with van der Waals surface area (Å²) in [6, 6.07) is 10.2. The fourth-order valence-corrected chi connectivity index (χ4v) is 1.96. The molecular weight excluding hydrogens is 264 g/mol. The van der Waals surface area contributed by atoms with Crippen molar-refractivity contribution in [3.63, 3.8) is 0 Å². The fourth-order valence-electron chi connectivity index (χ4n) is 1.96. The van der Waals surface area contributed by atoms with Crippen LogP contribution in [-0.2, 0) is 20.9 Å². The molecule has 0 fully saturated rings. The van der Waals surface area contributed by atoms with Crippen molar-refractivity contribution in [2.75, 3.05) is 13.2 Å². The summed E-state index contributed by atoms with van der Waals surface area (Å²) in [6.07, 6.45) is 6.65. The number of benzene rings is 1. The zero-order valence-electron chi connectivity index (χ0n) is 13.1. The Morgan fingerprint density at radius 2 is 2.00 bits per heavy atom. The minimum absolute atomic E-state index is 0.254. The van der Waals surface area contributed by atoms with Crippen molar-refractivity contribution < 1.29 is 14.3 Å². The third-order valence-electron chi connectivity index (χ3n) is 3.16. The zero-order chi connectivity index (χ0) is 15.3. The molecule has 1 atom stereocenters. The van der Waals surface area contributed by atoms with Gasteiger partial charge in [0.1, 0.15) is 0 Å². The summed E-state index contributed by atoms with van der Waals surface area (Å²) < 4.78 is 10.5. The average molecular weight is 290 g/mol. The maximum atomic E-state index is 11.2. The van der Waals surface area contributed by atoms with Gasteiger partial charge in [-0.25, -0.2) is 4.79 Å². The van der Waals surface area contributed by atoms with Crippen molar-refractivity contribution in [3.05, 3.63) is 48.0 Å². The van der Waals surface area contributed by atoms with Crippen molar-refractivity contribution in [2.24, 2.45) is 5.92 Å². The second-order valence-electron chi connectivity index (χ2n) is 5.12. The van der Waals surface area contributed by atoms with Crippen LogP contribution in [0, 0.1) is 5.92 Å². The average Bonchev–Trinajstić information content (AvgIpc) is 2.50. The minimum Gasteiger partial charge on any atom is -0.463 e. The van der Waals surface area contributed by atoms with E-state index in [4.69, 9.17) is 9.47 Å². The number of carbonyl (C=O) groups excluding carboxylic acids is 1. The molecule has 0 unspecified atom stereocenters. The predicted molar refractivity (Wildman–Crippen MR) is 84.9 cm³/mol. The molecule has 0 bridgehead atoms. The molecule has 0 N–H and O–H groups in total. The van der Waals surface area contributed by atoms with Gasteiger partial charge in [0.2, 0.25) is 0 Å². The van der Waals surface area contributed by atoms with E-state index in [2.05, 4.69) is 19.1 Å². The minimum atomic E-state index is -0.254. The molecule has 1 aromatic carbocycles. The maximum Gasteiger partial charge on any atom is 0.330 e. The monoisotopic (exact) mass is 290 g/mol. The van der Waals surface area contributed by atoms with E-state index in [9.17, 15) is 4.79 Å². The Labute approximate surface area is 128 Å². The number of hydrogen-bond donors (Lipinski definition) is 0. The van der Waals surface area contributed by atoms with Crippen LogP contribution in [0.1, 0.15) is 38.7 Å². The molecular formula is C18H26O3. The van der Waals surface area contributed by atoms with Gasteiger partial charge in [0.25, 0.3) is 0 Å². The van der Waals surface area contributed by atoms with E-state index in [1.54, 1.807) is 0 Å². The van der Waals surface area contributed by atoms with Gasteiger partial charge in [0.05, 0.1) is 13.2 Å². The first kappa shape index (κ1) is 17.4. The topological polar surface area (TPSA) is 35.5 Å². The highest BCUT2D eigenvalue weighted by Crippen LogP contribution is 2.10. The standard InChI is InChI=1S/C18H26O3/c1-3-21-18(19)13-12-16(2)9-7-8-14-20-15-17-10-5-4-6-11-17/h4-6,10-13,16H,3,7-9,14-15H2,1-2H3/b13-12+/t16-/m0/s1. The van der Waals surface area contributed by atoms with Crippen LogP contribution in [0.25, 0.3) is 0 Å². The Balaban J connectivity index is 2.02. The second-order valence-corrected chi connectivity index (χ2v) is 5.12. The normalized spacial score (nSPS) is 12.5. The summed E-state index contributed by atoms with van der Waals surface area (Å²) in [6.45, 7) is 5.81. The van der Waals surface area contributed by atoms with Gasteiger partial charge in [-0.15, -0.1) is 0 Å². The number of ether oxygens (including phenoxy) is 2. The third kappa shape index (κ3) is 9.03. The smallest absolute Gasteiger partial charge is 0.330 e. The number of allylic oxidation sites excluding steroid dienone is 1. The van der Waals surface area contributed by atoms with E-state index in [1.807, 2.05) is 31.2 Å². The molecule has 0 aromatic heterocycles. The lowest BCUT2D eigenvalue weighted by atomic mass is 10.0. The van der Waals surface area contributed by atoms with Gasteiger partial charge in [-0.1, -0.05) is 49.8 Å². The molecule has 0 heterocycles. The van der Waals surface area contributed by atoms with E-state index >= 15 is 0 Å². The Hall–Kier alpha value is -1.61. The van der Waals surface area contributed by atoms with Gasteiger partial charge in [0.15, 0.2) is 0 Å². The summed E-state index contributed by atoms with van der Waals surface area (Å²) in [5, 5.41) is 0. The number of carbonyl (C=O) groups is 1. The van der Waals surface area contributed by atoms with Crippen LogP contribution >= 0.6 is 0 Å². The van der Waals surface area contributed by atoms with Crippen molar-refractivity contribution >= 4 is 5.97 Å². The molecule has 0 spiro atoms. The predicted octanol–water partition coefficient (Wildman–Crippen LogP) is 4.13. The number of unbranched alkanes of at least 4 members (excludes halogenated alkanes) is 1. The van der Waals surface area contributed by atoms with Gasteiger partial charge in [0, 0.05) is 12.7 Å². The Morgan fingerprint density at radius 3 is 2.71 bits per heavy atom. The highest BCUT2D eigenvalue weighted by atomic mass is 16.5. The third-order valence-corrected chi connectivity index (χ3v) is 3.16.